The summed E-state index contributed by atoms with van der Waals surface area (Å²) in [5.41, 5.74) is 6.43. The minimum atomic E-state index is -1.64. The predicted molar refractivity (Wildman–Crippen MR) is 334 cm³/mol. The highest BCUT2D eigenvalue weighted by Crippen LogP contribution is 2.50. The Morgan fingerprint density at radius 3 is 2.44 bits per heavy atom. The number of pyridine rings is 1. The van der Waals surface area contributed by atoms with Crippen LogP contribution in [-0.4, -0.2) is 137 Å². The van der Waals surface area contributed by atoms with Crippen molar-refractivity contribution in [3.05, 3.63) is 88.1 Å². The zero-order chi connectivity index (χ0) is 63.2. The van der Waals surface area contributed by atoms with E-state index in [1.54, 1.807) is 57.3 Å². The van der Waals surface area contributed by atoms with Gasteiger partial charge in [-0.1, -0.05) is 106 Å². The van der Waals surface area contributed by atoms with Crippen molar-refractivity contribution in [2.45, 2.75) is 173 Å². The molecule has 2 fully saturated rings. The quantitative estimate of drug-likeness (QED) is 0.0183. The Balaban J connectivity index is 1.20. The Kier molecular flexibility index (Phi) is 25.3. The molecule has 3 aliphatic rings. The van der Waals surface area contributed by atoms with E-state index in [0.717, 1.165) is 16.7 Å². The number of benzene rings is 2. The van der Waals surface area contributed by atoms with Crippen molar-refractivity contribution >= 4 is 113 Å². The maximum absolute atomic E-state index is 14.5. The number of hydrogen-bond donors (Lipinski definition) is 5. The van der Waals surface area contributed by atoms with Crippen molar-refractivity contribution in [2.24, 2.45) is 29.4 Å². The first-order valence-corrected chi connectivity index (χ1v) is 31.9. The van der Waals surface area contributed by atoms with Gasteiger partial charge < -0.3 is 50.1 Å². The molecule has 0 aliphatic carbocycles. The fourth-order valence-electron chi connectivity index (χ4n) is 11.3. The zero-order valence-electron chi connectivity index (χ0n) is 50.5. The van der Waals surface area contributed by atoms with E-state index < -0.39 is 83.4 Å². The number of primary amides is 1. The summed E-state index contributed by atoms with van der Waals surface area (Å²) in [5.74, 6) is -4.18. The molecule has 1 aromatic heterocycles. The molecule has 3 aromatic rings. The number of methoxy groups -OCH3 is 1. The van der Waals surface area contributed by atoms with Gasteiger partial charge in [-0.15, -0.1) is 0 Å². The SMILES string of the molecule is CO[C@@H]1/C=C/C=C(\C)Cc2cc(C)c(Cl)c(c2)N(C)C(=O)C[C@H](OC(=O)Nc2ccc(CC(=O)[C@H](CCCNC(N)=O)NC(=O)[C@@H](CC(=O)CCCCC(C)OC(=O)C(CBr)CBr)C(C)C)c3cccnc23)[C@]2(C)O[C@H]2[C@H](C)[C@@H]2C[C@@]1(O)CC(=O)O2. The number of nitrogens with zero attached hydrogens (tertiary/aromatic N) is 2. The molecule has 0 spiro atoms. The highest BCUT2D eigenvalue weighted by atomic mass is 79.9. The van der Waals surface area contributed by atoms with Crippen molar-refractivity contribution in [2.75, 3.05) is 41.6 Å². The highest BCUT2D eigenvalue weighted by Gasteiger charge is 2.64. The second-order valence-corrected chi connectivity index (χ2v) is 25.3. The smallest absolute Gasteiger partial charge is 0.412 e. The van der Waals surface area contributed by atoms with E-state index in [2.05, 4.69) is 52.8 Å². The molecule has 6 rings (SSSR count). The van der Waals surface area contributed by atoms with Gasteiger partial charge in [0.05, 0.1) is 58.9 Å². The molecule has 1 unspecified atom stereocenters. The van der Waals surface area contributed by atoms with E-state index in [0.29, 0.717) is 63.5 Å². The molecule has 20 nitrogen and oxygen atoms in total. The summed E-state index contributed by atoms with van der Waals surface area (Å²) in [6.07, 6.45) is 3.94. The summed E-state index contributed by atoms with van der Waals surface area (Å²) in [4.78, 5) is 114. The van der Waals surface area contributed by atoms with E-state index in [4.69, 9.17) is 41.0 Å². The molecule has 86 heavy (non-hydrogen) atoms. The normalized spacial score (nSPS) is 24.5. The van der Waals surface area contributed by atoms with Crippen LogP contribution in [0.25, 0.3) is 10.9 Å². The molecule has 2 aromatic carbocycles. The van der Waals surface area contributed by atoms with Crippen molar-refractivity contribution in [3.63, 3.8) is 0 Å². The number of esters is 2. The summed E-state index contributed by atoms with van der Waals surface area (Å²) >= 11 is 13.5. The number of hydrogen-bond acceptors (Lipinski definition) is 15. The number of Topliss-reactive ketones (excluding diaryl/α,β-unsaturated/α-hetero) is 2. The summed E-state index contributed by atoms with van der Waals surface area (Å²) in [6, 6.07) is 8.65. The number of nitrogens with two attached hydrogens (primary N) is 1. The third-order valence-electron chi connectivity index (χ3n) is 16.5. The van der Waals surface area contributed by atoms with Crippen molar-refractivity contribution in [1.29, 1.82) is 0 Å². The van der Waals surface area contributed by atoms with Gasteiger partial charge in [0.1, 0.15) is 35.3 Å². The molecule has 2 saturated heterocycles. The van der Waals surface area contributed by atoms with Gasteiger partial charge in [0.25, 0.3) is 0 Å². The predicted octanol–water partition coefficient (Wildman–Crippen LogP) is 9.65. The van der Waals surface area contributed by atoms with Gasteiger partial charge in [-0.2, -0.15) is 0 Å². The van der Waals surface area contributed by atoms with E-state index in [1.165, 1.54) is 18.2 Å². The summed E-state index contributed by atoms with van der Waals surface area (Å²) in [5, 5.41) is 22.1. The van der Waals surface area contributed by atoms with Gasteiger partial charge in [0, 0.05) is 80.5 Å². The number of halogens is 3. The van der Waals surface area contributed by atoms with Gasteiger partial charge in [-0.25, -0.2) is 9.59 Å². The number of aromatic nitrogens is 1. The largest absolute Gasteiger partial charge is 0.462 e. The zero-order valence-corrected chi connectivity index (χ0v) is 54.4. The maximum Gasteiger partial charge on any atom is 0.412 e. The number of carbonyl (C=O) groups is 8. The van der Waals surface area contributed by atoms with Crippen LogP contribution in [0.3, 0.4) is 0 Å². The molecule has 470 valence electrons. The summed E-state index contributed by atoms with van der Waals surface area (Å²) in [6.45, 7) is 12.9. The number of aliphatic hydroxyl groups is 1. The average Bonchev–Trinajstić information content (AvgIpc) is 1.61. The number of allylic oxidation sites excluding steroid dienone is 3. The fraction of sp³-hybridized carbons (Fsp3) is 0.571. The number of carbonyl (C=O) groups excluding carboxylic acids is 8. The Labute approximate surface area is 525 Å². The molecule has 4 heterocycles. The third kappa shape index (κ3) is 18.4. The molecule has 0 saturated carbocycles. The minimum absolute atomic E-state index is 0.00635. The lowest BCUT2D eigenvalue weighted by atomic mass is 9.78. The number of amides is 5. The Bertz CT molecular complexity index is 3030. The third-order valence-corrected chi connectivity index (χ3v) is 18.6. The molecular weight excluding hydrogens is 1260 g/mol. The van der Waals surface area contributed by atoms with Gasteiger partial charge in [0.2, 0.25) is 11.8 Å². The lowest BCUT2D eigenvalue weighted by Crippen LogP contribution is -2.53. The molecular formula is C63H83Br2ClN6O14. The first-order valence-electron chi connectivity index (χ1n) is 29.3. The van der Waals surface area contributed by atoms with Gasteiger partial charge >= 0.3 is 24.1 Å². The Morgan fingerprint density at radius 2 is 1.76 bits per heavy atom. The maximum atomic E-state index is 14.5. The number of rotatable bonds is 24. The Hall–Kier alpha value is -5.78. The average molecular weight is 1340 g/mol. The van der Waals surface area contributed by atoms with E-state index in [9.17, 15) is 43.5 Å². The van der Waals surface area contributed by atoms with Gasteiger partial charge in [-0.3, -0.25) is 39.1 Å². The van der Waals surface area contributed by atoms with Crippen molar-refractivity contribution in [1.82, 2.24) is 15.6 Å². The monoisotopic (exact) mass is 1340 g/mol. The van der Waals surface area contributed by atoms with Crippen LogP contribution in [0.1, 0.15) is 122 Å². The number of ketones is 2. The van der Waals surface area contributed by atoms with Crippen LogP contribution in [-0.2, 0) is 65.3 Å². The van der Waals surface area contributed by atoms with E-state index >= 15 is 0 Å². The van der Waals surface area contributed by atoms with Crippen LogP contribution >= 0.6 is 43.5 Å². The number of urea groups is 1. The number of anilines is 2. The van der Waals surface area contributed by atoms with Crippen molar-refractivity contribution < 1.29 is 67.1 Å². The van der Waals surface area contributed by atoms with Crippen LogP contribution in [0, 0.1) is 30.6 Å². The fourth-order valence-corrected chi connectivity index (χ4v) is 13.2. The minimum Gasteiger partial charge on any atom is -0.462 e. The van der Waals surface area contributed by atoms with E-state index in [1.807, 2.05) is 52.8 Å². The second kappa shape index (κ2) is 31.4. The van der Waals surface area contributed by atoms with Crippen molar-refractivity contribution in [3.8, 4) is 0 Å². The molecule has 3 aliphatic heterocycles. The number of unbranched alkanes of at least 4 members (excludes halogenated alkanes) is 1. The van der Waals surface area contributed by atoms with Crippen LogP contribution in [0.2, 0.25) is 5.02 Å². The number of nitrogens with one attached hydrogen (secondary N) is 3. The van der Waals surface area contributed by atoms with Crippen LogP contribution in [0.5, 0.6) is 0 Å². The standard InChI is InChI=1S/C63H83Br2ClN6O14/c1-35(2)45(29-43(73)17-11-10-16-38(5)83-59(78)42(33-64)34-65)58(77)70-46(19-14-24-69-60(67)79)49(74)28-41-21-22-47(56-44(41)18-13-23-68-56)71-61(80)85-52-30-53(75)72(8)48-27-40(26-37(4)55(48)66)25-36(3)15-12-20-51(82-9)63(81)31-50(84-54(76)32-63)39(6)57-62(52,7)86-57/h12-13,15,18,20-23,26-27,35,38-39,42,45-46,50-52,57,81H,10-11,14,16-17,19,24-25,28-34H2,1-9H3,(H,70,77)(H,71,80)(H3,67,69,79)/b20-12+,36-15+/t38?,39-,45+,46+,50+,51-,52+,57+,62+,63-/m1/s1. The molecule has 0 radical (unpaired) electrons. The lowest BCUT2D eigenvalue weighted by molar-refractivity contribution is -0.187. The van der Waals surface area contributed by atoms with Crippen LogP contribution in [0.4, 0.5) is 21.0 Å². The molecule has 4 bridgehead atoms. The molecule has 5 amide bonds. The summed E-state index contributed by atoms with van der Waals surface area (Å²) < 4.78 is 29.8. The topological polar surface area (TPSA) is 284 Å². The number of alkyl halides is 2. The second-order valence-electron chi connectivity index (χ2n) is 23.6. The number of fused-ring (bicyclic) bond motifs is 6. The van der Waals surface area contributed by atoms with Gasteiger partial charge in [-0.05, 0) is 107 Å². The number of aryl methyl sites for hydroxylation is 1. The first kappa shape index (κ1) is 69.3. The van der Waals surface area contributed by atoms with Gasteiger partial charge in [0.15, 0.2) is 5.78 Å². The van der Waals surface area contributed by atoms with Crippen LogP contribution < -0.4 is 26.6 Å². The molecule has 6 N–H and O–H groups in total. The number of ether oxygens (including phenoxy) is 5. The van der Waals surface area contributed by atoms with E-state index in [-0.39, 0.29) is 99.1 Å². The van der Waals surface area contributed by atoms with Crippen LogP contribution in [0.15, 0.2) is 66.4 Å². The molecule has 10 atom stereocenters. The summed E-state index contributed by atoms with van der Waals surface area (Å²) in [7, 11) is 3.06. The first-order chi connectivity index (χ1) is 40.7. The molecule has 23 heteroatoms. The lowest BCUT2D eigenvalue weighted by Gasteiger charge is -2.41. The Morgan fingerprint density at radius 1 is 1.02 bits per heavy atom. The number of epoxide rings is 1. The highest BCUT2D eigenvalue weighted by molar-refractivity contribution is 9.09.